The van der Waals surface area contributed by atoms with Gasteiger partial charge in [0.25, 0.3) is 5.91 Å². The van der Waals surface area contributed by atoms with Crippen LogP contribution in [0.3, 0.4) is 0 Å². The Labute approximate surface area is 263 Å². The van der Waals surface area contributed by atoms with Gasteiger partial charge in [0.15, 0.2) is 5.82 Å². The van der Waals surface area contributed by atoms with Crippen LogP contribution in [0.15, 0.2) is 60.7 Å². The Morgan fingerprint density at radius 3 is 2.16 bits per heavy atom. The fourth-order valence-corrected chi connectivity index (χ4v) is 4.84. The van der Waals surface area contributed by atoms with Crippen LogP contribution in [0.2, 0.25) is 0 Å². The lowest BCUT2D eigenvalue weighted by molar-refractivity contribution is -0.155. The predicted octanol–water partition coefficient (Wildman–Crippen LogP) is 4.64. The van der Waals surface area contributed by atoms with Crippen LogP contribution in [-0.2, 0) is 19.1 Å². The summed E-state index contributed by atoms with van der Waals surface area (Å²) >= 11 is 0. The van der Waals surface area contributed by atoms with Gasteiger partial charge in [0.2, 0.25) is 5.91 Å². The Morgan fingerprint density at radius 1 is 0.889 bits per heavy atom. The van der Waals surface area contributed by atoms with Crippen molar-refractivity contribution < 1.29 is 28.7 Å². The highest BCUT2D eigenvalue weighted by Gasteiger charge is 2.32. The van der Waals surface area contributed by atoms with Crippen molar-refractivity contribution in [2.45, 2.75) is 59.1 Å². The van der Waals surface area contributed by atoms with E-state index in [4.69, 9.17) is 14.5 Å². The second-order valence-corrected chi connectivity index (χ2v) is 11.9. The molecule has 1 aliphatic rings. The van der Waals surface area contributed by atoms with Crippen LogP contribution in [0, 0.1) is 6.92 Å². The van der Waals surface area contributed by atoms with E-state index in [0.29, 0.717) is 24.6 Å². The number of amides is 3. The summed E-state index contributed by atoms with van der Waals surface area (Å²) < 4.78 is 10.5. The summed E-state index contributed by atoms with van der Waals surface area (Å²) in [6.07, 6.45) is -0.481. The molecule has 45 heavy (non-hydrogen) atoms. The molecular formula is C34H41N5O6. The van der Waals surface area contributed by atoms with E-state index in [1.54, 1.807) is 43.6 Å². The third-order valence-electron chi connectivity index (χ3n) is 7.12. The summed E-state index contributed by atoms with van der Waals surface area (Å²) in [6, 6.07) is 17.7. The Balaban J connectivity index is 1.60. The van der Waals surface area contributed by atoms with Crippen molar-refractivity contribution in [3.63, 3.8) is 0 Å². The van der Waals surface area contributed by atoms with Crippen molar-refractivity contribution in [3.05, 3.63) is 71.9 Å². The van der Waals surface area contributed by atoms with Crippen molar-refractivity contribution in [2.75, 3.05) is 32.8 Å². The molecule has 1 atom stereocenters. The summed E-state index contributed by atoms with van der Waals surface area (Å²) in [5.41, 5.74) is 2.58. The number of rotatable bonds is 9. The smallest absolute Gasteiger partial charge is 0.409 e. The molecule has 0 radical (unpaired) electrons. The van der Waals surface area contributed by atoms with Gasteiger partial charge in [0, 0.05) is 43.7 Å². The maximum absolute atomic E-state index is 13.8. The molecule has 11 nitrogen and oxygen atoms in total. The minimum Gasteiger partial charge on any atom is -0.460 e. The highest BCUT2D eigenvalue weighted by molar-refractivity contribution is 5.97. The summed E-state index contributed by atoms with van der Waals surface area (Å²) in [5.74, 6) is -1.04. The number of hydrogen-bond acceptors (Lipinski definition) is 8. The zero-order chi connectivity index (χ0) is 32.6. The number of ether oxygens (including phenoxy) is 2. The molecule has 4 rings (SSSR count). The average molecular weight is 616 g/mol. The fraction of sp³-hybridized carbons (Fsp3) is 0.412. The number of nitrogens with one attached hydrogen (secondary N) is 1. The molecule has 3 amide bonds. The molecule has 1 aliphatic heterocycles. The van der Waals surface area contributed by atoms with Gasteiger partial charge in [-0.15, -0.1) is 0 Å². The molecule has 2 heterocycles. The average Bonchev–Trinajstić information content (AvgIpc) is 3.02. The predicted molar refractivity (Wildman–Crippen MR) is 169 cm³/mol. The van der Waals surface area contributed by atoms with E-state index in [9.17, 15) is 19.2 Å². The Hall–Kier alpha value is -4.80. The van der Waals surface area contributed by atoms with Crippen molar-refractivity contribution in [1.29, 1.82) is 0 Å². The highest BCUT2D eigenvalue weighted by Crippen LogP contribution is 2.23. The van der Waals surface area contributed by atoms with Gasteiger partial charge >= 0.3 is 12.1 Å². The normalized spacial score (nSPS) is 14.0. The first-order valence-electron chi connectivity index (χ1n) is 15.2. The molecule has 0 saturated carbocycles. The number of hydrogen-bond donors (Lipinski definition) is 1. The van der Waals surface area contributed by atoms with Crippen LogP contribution in [-0.4, -0.2) is 88.1 Å². The molecule has 0 spiro atoms. The Morgan fingerprint density at radius 2 is 1.53 bits per heavy atom. The van der Waals surface area contributed by atoms with E-state index in [0.717, 1.165) is 16.7 Å². The number of piperazine rings is 1. The number of carbonyl (C=O) groups is 4. The molecule has 1 fully saturated rings. The largest absolute Gasteiger partial charge is 0.460 e. The molecule has 0 bridgehead atoms. The van der Waals surface area contributed by atoms with Gasteiger partial charge in [-0.25, -0.2) is 14.8 Å². The van der Waals surface area contributed by atoms with Crippen LogP contribution in [0.1, 0.15) is 56.6 Å². The van der Waals surface area contributed by atoms with Crippen LogP contribution in [0.5, 0.6) is 0 Å². The van der Waals surface area contributed by atoms with Gasteiger partial charge in [-0.2, -0.15) is 0 Å². The van der Waals surface area contributed by atoms with Gasteiger partial charge in [-0.1, -0.05) is 60.2 Å². The van der Waals surface area contributed by atoms with Crippen LogP contribution in [0.25, 0.3) is 22.6 Å². The molecule has 11 heteroatoms. The Kier molecular flexibility index (Phi) is 10.9. The van der Waals surface area contributed by atoms with Gasteiger partial charge in [-0.3, -0.25) is 14.4 Å². The minimum absolute atomic E-state index is 0.0268. The molecule has 1 aromatic heterocycles. The van der Waals surface area contributed by atoms with E-state index < -0.39 is 29.6 Å². The third-order valence-corrected chi connectivity index (χ3v) is 7.12. The van der Waals surface area contributed by atoms with Crippen LogP contribution < -0.4 is 5.32 Å². The third kappa shape index (κ3) is 9.34. The summed E-state index contributed by atoms with van der Waals surface area (Å²) in [5, 5.41) is 2.84. The van der Waals surface area contributed by atoms with E-state index in [2.05, 4.69) is 10.3 Å². The Bertz CT molecular complexity index is 1500. The first-order chi connectivity index (χ1) is 21.4. The number of nitrogens with zero attached hydrogens (tertiary/aromatic N) is 4. The molecule has 3 aromatic rings. The quantitative estimate of drug-likeness (QED) is 0.345. The molecule has 1 saturated heterocycles. The topological polar surface area (TPSA) is 131 Å². The number of carbonyl (C=O) groups excluding carboxylic acids is 4. The summed E-state index contributed by atoms with van der Waals surface area (Å²) in [6.45, 7) is 10.4. The van der Waals surface area contributed by atoms with Gasteiger partial charge in [0.05, 0.1) is 12.3 Å². The fourth-order valence-electron chi connectivity index (χ4n) is 4.84. The zero-order valence-corrected chi connectivity index (χ0v) is 26.5. The molecular weight excluding hydrogens is 574 g/mol. The maximum atomic E-state index is 13.8. The maximum Gasteiger partial charge on any atom is 0.409 e. The lowest BCUT2D eigenvalue weighted by atomic mass is 10.1. The molecule has 1 N–H and O–H groups in total. The first kappa shape index (κ1) is 33.1. The number of benzene rings is 2. The number of aryl methyl sites for hydroxylation is 1. The van der Waals surface area contributed by atoms with E-state index >= 15 is 0 Å². The second-order valence-electron chi connectivity index (χ2n) is 11.9. The molecule has 1 unspecified atom stereocenters. The summed E-state index contributed by atoms with van der Waals surface area (Å²) in [4.78, 5) is 64.7. The SMILES string of the molecule is CCOC(=O)N1CCN(C(=O)C(CCC(=O)OC(C)(C)C)NC(=O)c2cc(-c3ccc(C)cc3)nc(-c3ccccc3)n2)CC1. The van der Waals surface area contributed by atoms with Crippen LogP contribution in [0.4, 0.5) is 4.79 Å². The van der Waals surface area contributed by atoms with Crippen molar-refractivity contribution in [3.8, 4) is 22.6 Å². The van der Waals surface area contributed by atoms with Gasteiger partial charge in [0.1, 0.15) is 17.3 Å². The summed E-state index contributed by atoms with van der Waals surface area (Å²) in [7, 11) is 0. The monoisotopic (exact) mass is 615 g/mol. The highest BCUT2D eigenvalue weighted by atomic mass is 16.6. The lowest BCUT2D eigenvalue weighted by Crippen LogP contribution is -2.56. The lowest BCUT2D eigenvalue weighted by Gasteiger charge is -2.36. The molecule has 238 valence electrons. The number of esters is 1. The molecule has 0 aliphatic carbocycles. The standard InChI is InChI=1S/C34H41N5O6/c1-6-44-33(43)39-20-18-38(19-21-39)32(42)26(16-17-29(40)45-34(3,4)5)37-31(41)28-22-27(24-14-12-23(2)13-15-24)35-30(36-28)25-10-8-7-9-11-25/h7-15,22,26H,6,16-21H2,1-5H3,(H,37,41). The van der Waals surface area contributed by atoms with Gasteiger partial charge < -0.3 is 24.6 Å². The van der Waals surface area contributed by atoms with E-state index in [-0.39, 0.29) is 44.1 Å². The first-order valence-corrected chi connectivity index (χ1v) is 15.2. The van der Waals surface area contributed by atoms with E-state index in [1.165, 1.54) is 0 Å². The molecule has 2 aromatic carbocycles. The number of aromatic nitrogens is 2. The van der Waals surface area contributed by atoms with Crippen molar-refractivity contribution in [2.24, 2.45) is 0 Å². The second kappa shape index (κ2) is 14.8. The van der Waals surface area contributed by atoms with Crippen molar-refractivity contribution in [1.82, 2.24) is 25.1 Å². The van der Waals surface area contributed by atoms with E-state index in [1.807, 2.05) is 61.5 Å². The zero-order valence-electron chi connectivity index (χ0n) is 26.5. The van der Waals surface area contributed by atoms with Gasteiger partial charge in [-0.05, 0) is 47.1 Å². The van der Waals surface area contributed by atoms with Crippen molar-refractivity contribution >= 4 is 23.9 Å². The minimum atomic E-state index is -1.03. The van der Waals surface area contributed by atoms with Crippen LogP contribution >= 0.6 is 0 Å².